The zero-order valence-corrected chi connectivity index (χ0v) is 11.5. The van der Waals surface area contributed by atoms with Crippen LogP contribution in [0.15, 0.2) is 0 Å². The van der Waals surface area contributed by atoms with Gasteiger partial charge in [0.2, 0.25) is 0 Å². The lowest BCUT2D eigenvalue weighted by molar-refractivity contribution is 0.135. The quantitative estimate of drug-likeness (QED) is 0.754. The first-order chi connectivity index (χ1) is 7.63. The zero-order chi connectivity index (χ0) is 12.0. The van der Waals surface area contributed by atoms with Gasteiger partial charge in [-0.05, 0) is 58.2 Å². The first-order valence-corrected chi connectivity index (χ1v) is 7.07. The molecule has 1 fully saturated rings. The van der Waals surface area contributed by atoms with Crippen molar-refractivity contribution in [3.8, 4) is 0 Å². The molecule has 0 saturated heterocycles. The Hall–Kier alpha value is -0.0800. The molecule has 2 heteroatoms. The van der Waals surface area contributed by atoms with Crippen LogP contribution in [-0.4, -0.2) is 30.6 Å². The van der Waals surface area contributed by atoms with E-state index in [0.717, 1.165) is 13.1 Å². The van der Waals surface area contributed by atoms with E-state index in [1.165, 1.54) is 45.1 Å². The van der Waals surface area contributed by atoms with Gasteiger partial charge in [-0.1, -0.05) is 26.2 Å². The molecular weight excluding hydrogens is 196 g/mol. The average molecular weight is 226 g/mol. The minimum atomic E-state index is 0.473. The van der Waals surface area contributed by atoms with Gasteiger partial charge in [0.1, 0.15) is 0 Å². The summed E-state index contributed by atoms with van der Waals surface area (Å²) in [5.41, 5.74) is 6.50. The van der Waals surface area contributed by atoms with Crippen molar-refractivity contribution < 1.29 is 0 Å². The lowest BCUT2D eigenvalue weighted by Gasteiger charge is -2.38. The van der Waals surface area contributed by atoms with Crippen molar-refractivity contribution in [2.24, 2.45) is 11.1 Å². The topological polar surface area (TPSA) is 29.3 Å². The predicted molar refractivity (Wildman–Crippen MR) is 71.6 cm³/mol. The number of hydrogen-bond donors (Lipinski definition) is 1. The molecule has 0 amide bonds. The molecule has 96 valence electrons. The maximum Gasteiger partial charge on any atom is 0.00384 e. The van der Waals surface area contributed by atoms with E-state index in [2.05, 4.69) is 25.7 Å². The molecule has 16 heavy (non-hydrogen) atoms. The van der Waals surface area contributed by atoms with Crippen LogP contribution in [0.2, 0.25) is 0 Å². The van der Waals surface area contributed by atoms with E-state index in [1.54, 1.807) is 0 Å². The number of nitrogens with zero attached hydrogens (tertiary/aromatic N) is 1. The van der Waals surface area contributed by atoms with Gasteiger partial charge in [0, 0.05) is 6.04 Å². The van der Waals surface area contributed by atoms with E-state index in [-0.39, 0.29) is 0 Å². The Morgan fingerprint density at radius 2 is 1.81 bits per heavy atom. The maximum atomic E-state index is 6.02. The first-order valence-electron chi connectivity index (χ1n) is 7.07. The van der Waals surface area contributed by atoms with Gasteiger partial charge < -0.3 is 10.6 Å². The second-order valence-electron chi connectivity index (χ2n) is 5.74. The molecule has 1 aliphatic carbocycles. The van der Waals surface area contributed by atoms with Gasteiger partial charge in [-0.25, -0.2) is 0 Å². The molecule has 0 aliphatic heterocycles. The fourth-order valence-electron chi connectivity index (χ4n) is 3.02. The largest absolute Gasteiger partial charge is 0.330 e. The average Bonchev–Trinajstić information content (AvgIpc) is 2.30. The van der Waals surface area contributed by atoms with Gasteiger partial charge in [0.25, 0.3) is 0 Å². The summed E-state index contributed by atoms with van der Waals surface area (Å²) in [5, 5.41) is 0. The van der Waals surface area contributed by atoms with Gasteiger partial charge >= 0.3 is 0 Å². The van der Waals surface area contributed by atoms with E-state index >= 15 is 0 Å². The standard InChI is InChI=1S/C14H30N2/c1-4-16(13(2)3)11-10-14(12-15)8-6-5-7-9-14/h13H,4-12,15H2,1-3H3. The predicted octanol–water partition coefficient (Wildman–Crippen LogP) is 3.02. The van der Waals surface area contributed by atoms with Crippen LogP contribution in [0.4, 0.5) is 0 Å². The molecule has 1 rings (SSSR count). The monoisotopic (exact) mass is 226 g/mol. The molecule has 0 bridgehead atoms. The van der Waals surface area contributed by atoms with Crippen molar-refractivity contribution in [1.29, 1.82) is 0 Å². The molecular formula is C14H30N2. The Morgan fingerprint density at radius 3 is 2.25 bits per heavy atom. The van der Waals surface area contributed by atoms with Crippen LogP contribution in [0.1, 0.15) is 59.3 Å². The summed E-state index contributed by atoms with van der Waals surface area (Å²) in [4.78, 5) is 2.56. The number of hydrogen-bond acceptors (Lipinski definition) is 2. The minimum Gasteiger partial charge on any atom is -0.330 e. The fourth-order valence-corrected chi connectivity index (χ4v) is 3.02. The first kappa shape index (κ1) is 14.0. The minimum absolute atomic E-state index is 0.473. The van der Waals surface area contributed by atoms with Crippen molar-refractivity contribution in [3.63, 3.8) is 0 Å². The lowest BCUT2D eigenvalue weighted by atomic mass is 9.72. The second kappa shape index (κ2) is 6.61. The summed E-state index contributed by atoms with van der Waals surface area (Å²) in [6, 6.07) is 0.670. The molecule has 0 radical (unpaired) electrons. The highest BCUT2D eigenvalue weighted by Gasteiger charge is 2.30. The van der Waals surface area contributed by atoms with E-state index in [1.807, 2.05) is 0 Å². The van der Waals surface area contributed by atoms with Crippen LogP contribution in [0, 0.1) is 5.41 Å². The van der Waals surface area contributed by atoms with Crippen molar-refractivity contribution in [3.05, 3.63) is 0 Å². The van der Waals surface area contributed by atoms with E-state index < -0.39 is 0 Å². The molecule has 0 spiro atoms. The van der Waals surface area contributed by atoms with Crippen molar-refractivity contribution in [2.45, 2.75) is 65.3 Å². The van der Waals surface area contributed by atoms with Crippen molar-refractivity contribution >= 4 is 0 Å². The van der Waals surface area contributed by atoms with Crippen LogP contribution in [0.3, 0.4) is 0 Å². The Balaban J connectivity index is 2.43. The molecule has 0 unspecified atom stereocenters. The highest BCUT2D eigenvalue weighted by molar-refractivity contribution is 4.85. The molecule has 0 aromatic carbocycles. The molecule has 2 N–H and O–H groups in total. The van der Waals surface area contributed by atoms with Gasteiger partial charge in [0.15, 0.2) is 0 Å². The molecule has 0 heterocycles. The van der Waals surface area contributed by atoms with Crippen molar-refractivity contribution in [2.75, 3.05) is 19.6 Å². The normalized spacial score (nSPS) is 20.6. The van der Waals surface area contributed by atoms with Gasteiger partial charge in [0.05, 0.1) is 0 Å². The van der Waals surface area contributed by atoms with Gasteiger partial charge in [-0.2, -0.15) is 0 Å². The van der Waals surface area contributed by atoms with Gasteiger partial charge in [-0.15, -0.1) is 0 Å². The maximum absolute atomic E-state index is 6.02. The number of rotatable bonds is 6. The van der Waals surface area contributed by atoms with E-state index in [0.29, 0.717) is 11.5 Å². The summed E-state index contributed by atoms with van der Waals surface area (Å²) in [5.74, 6) is 0. The highest BCUT2D eigenvalue weighted by Crippen LogP contribution is 2.38. The smallest absolute Gasteiger partial charge is 0.00384 e. The Bertz CT molecular complexity index is 183. The molecule has 1 aliphatic rings. The highest BCUT2D eigenvalue weighted by atomic mass is 15.1. The summed E-state index contributed by atoms with van der Waals surface area (Å²) >= 11 is 0. The summed E-state index contributed by atoms with van der Waals surface area (Å²) in [7, 11) is 0. The fraction of sp³-hybridized carbons (Fsp3) is 1.00. The summed E-state index contributed by atoms with van der Waals surface area (Å²) in [6.45, 7) is 10.1. The molecule has 2 nitrogen and oxygen atoms in total. The molecule has 1 saturated carbocycles. The Kier molecular flexibility index (Phi) is 5.77. The Labute approximate surface area is 102 Å². The molecule has 0 atom stereocenters. The molecule has 0 aromatic rings. The SMILES string of the molecule is CCN(CCC1(CN)CCCCC1)C(C)C. The lowest BCUT2D eigenvalue weighted by Crippen LogP contribution is -2.39. The van der Waals surface area contributed by atoms with Crippen LogP contribution in [0.25, 0.3) is 0 Å². The van der Waals surface area contributed by atoms with E-state index in [9.17, 15) is 0 Å². The zero-order valence-electron chi connectivity index (χ0n) is 11.5. The second-order valence-corrected chi connectivity index (χ2v) is 5.74. The van der Waals surface area contributed by atoms with Crippen molar-refractivity contribution in [1.82, 2.24) is 4.90 Å². The van der Waals surface area contributed by atoms with Crippen LogP contribution in [0.5, 0.6) is 0 Å². The van der Waals surface area contributed by atoms with Gasteiger partial charge in [-0.3, -0.25) is 0 Å². The number of nitrogens with two attached hydrogens (primary N) is 1. The summed E-state index contributed by atoms with van der Waals surface area (Å²) in [6.07, 6.45) is 8.23. The van der Waals surface area contributed by atoms with Crippen LogP contribution < -0.4 is 5.73 Å². The third-order valence-corrected chi connectivity index (χ3v) is 4.41. The van der Waals surface area contributed by atoms with E-state index in [4.69, 9.17) is 5.73 Å². The van der Waals surface area contributed by atoms with Crippen LogP contribution >= 0.6 is 0 Å². The third-order valence-electron chi connectivity index (χ3n) is 4.41. The molecule has 0 aromatic heterocycles. The summed E-state index contributed by atoms with van der Waals surface area (Å²) < 4.78 is 0. The Morgan fingerprint density at radius 1 is 1.19 bits per heavy atom. The van der Waals surface area contributed by atoms with Crippen LogP contribution in [-0.2, 0) is 0 Å². The third kappa shape index (κ3) is 3.74.